The van der Waals surface area contributed by atoms with Crippen LogP contribution in [0.3, 0.4) is 0 Å². The highest BCUT2D eigenvalue weighted by atomic mass is 16.7. The van der Waals surface area contributed by atoms with Crippen LogP contribution in [0.25, 0.3) is 0 Å². The molecule has 9 unspecified atom stereocenters. The number of methoxy groups -OCH3 is 2. The maximum absolute atomic E-state index is 11.2. The molecule has 0 aromatic rings. The van der Waals surface area contributed by atoms with Crippen LogP contribution in [0.2, 0.25) is 0 Å². The van der Waals surface area contributed by atoms with E-state index in [0.29, 0.717) is 0 Å². The van der Waals surface area contributed by atoms with Crippen LogP contribution in [0, 0.1) is 11.8 Å². The largest absolute Gasteiger partial charge is 0.480 e. The second-order valence-electron chi connectivity index (χ2n) is 10.4. The van der Waals surface area contributed by atoms with Crippen LogP contribution in [-0.2, 0) is 33.2 Å². The van der Waals surface area contributed by atoms with Gasteiger partial charge >= 0.3 is 5.97 Å². The average Bonchev–Trinajstić information content (AvgIpc) is 2.93. The van der Waals surface area contributed by atoms with Crippen LogP contribution in [0.5, 0.6) is 0 Å². The van der Waals surface area contributed by atoms with Gasteiger partial charge in [0.2, 0.25) is 0 Å². The van der Waals surface area contributed by atoms with Gasteiger partial charge in [-0.25, -0.2) is 4.79 Å². The van der Waals surface area contributed by atoms with E-state index in [1.54, 1.807) is 0 Å². The van der Waals surface area contributed by atoms with Crippen LogP contribution in [0.15, 0.2) is 0 Å². The minimum absolute atomic E-state index is 0.0385. The van der Waals surface area contributed by atoms with Crippen molar-refractivity contribution in [2.24, 2.45) is 11.8 Å². The van der Waals surface area contributed by atoms with Crippen LogP contribution < -0.4 is 0 Å². The van der Waals surface area contributed by atoms with Crippen molar-refractivity contribution in [3.63, 3.8) is 0 Å². The molecule has 0 bridgehead atoms. The average molecular weight is 587 g/mol. The van der Waals surface area contributed by atoms with Crippen LogP contribution in [0.4, 0.5) is 0 Å². The third-order valence-electron chi connectivity index (χ3n) is 7.99. The molecule has 0 radical (unpaired) electrons. The van der Waals surface area contributed by atoms with Crippen molar-refractivity contribution in [2.45, 2.75) is 92.4 Å². The number of hydrogen-bond acceptors (Lipinski definition) is 15. The van der Waals surface area contributed by atoms with Gasteiger partial charge in [-0.05, 0) is 24.7 Å². The minimum Gasteiger partial charge on any atom is -0.480 e. The van der Waals surface area contributed by atoms with Gasteiger partial charge in [-0.1, -0.05) is 0 Å². The Kier molecular flexibility index (Phi) is 12.4. The standard InChI is InChI=1S/C24H42O16/c1-35-22-13(5-25)38-12(18(31)19(22)32)4-10-9(7-37-8-15(27)28)3-11(17(30)16(10)29)39-23-14(6-26)40-24(36-2)21(34)20(23)33/h9-14,16-26,29-34H,3-8H2,1-2H3,(H,27,28)/t9-,10?,11?,12?,13-,14-,16?,17+,18+,19?,20?,21-,22?,23?,24?/m1/s1. The second kappa shape index (κ2) is 14.9. The quantitative estimate of drug-likeness (QED) is 0.104. The molecule has 3 fully saturated rings. The fourth-order valence-corrected chi connectivity index (χ4v) is 5.86. The van der Waals surface area contributed by atoms with E-state index in [0.717, 1.165) is 0 Å². The molecule has 0 amide bonds. The number of carbonyl (C=O) groups is 1. The molecule has 3 aliphatic rings. The Bertz CT molecular complexity index is 784. The summed E-state index contributed by atoms with van der Waals surface area (Å²) in [6.45, 7) is -2.01. The van der Waals surface area contributed by atoms with E-state index >= 15 is 0 Å². The summed E-state index contributed by atoms with van der Waals surface area (Å²) in [4.78, 5) is 11.0. The van der Waals surface area contributed by atoms with Crippen molar-refractivity contribution >= 4 is 5.97 Å². The predicted octanol–water partition coefficient (Wildman–Crippen LogP) is -4.83. The Balaban J connectivity index is 1.80. The molecule has 0 aromatic carbocycles. The molecule has 16 heteroatoms. The minimum atomic E-state index is -1.59. The lowest BCUT2D eigenvalue weighted by Gasteiger charge is -2.49. The van der Waals surface area contributed by atoms with E-state index in [2.05, 4.69) is 0 Å². The molecule has 0 spiro atoms. The first-order valence-corrected chi connectivity index (χ1v) is 13.1. The normalized spacial score (nSPS) is 46.3. The van der Waals surface area contributed by atoms with Crippen molar-refractivity contribution in [3.05, 3.63) is 0 Å². The van der Waals surface area contributed by atoms with Crippen LogP contribution in [-0.4, -0.2) is 172 Å². The number of rotatable bonds is 12. The zero-order valence-electron chi connectivity index (χ0n) is 22.3. The highest BCUT2D eigenvalue weighted by Gasteiger charge is 2.52. The lowest BCUT2D eigenvalue weighted by Crippen LogP contribution is -2.63. The highest BCUT2D eigenvalue weighted by molar-refractivity contribution is 5.67. The Morgan fingerprint density at radius 1 is 0.775 bits per heavy atom. The van der Waals surface area contributed by atoms with Gasteiger partial charge < -0.3 is 74.4 Å². The first-order valence-electron chi connectivity index (χ1n) is 13.1. The monoisotopic (exact) mass is 586 g/mol. The summed E-state index contributed by atoms with van der Waals surface area (Å²) >= 11 is 0. The number of hydrogen-bond donors (Lipinski definition) is 9. The summed E-state index contributed by atoms with van der Waals surface area (Å²) in [5.41, 5.74) is 0. The topological polar surface area (TPSA) is 255 Å². The Morgan fingerprint density at radius 2 is 1.40 bits per heavy atom. The molecule has 0 aromatic heterocycles. The van der Waals surface area contributed by atoms with Crippen molar-refractivity contribution in [2.75, 3.05) is 40.6 Å². The number of carboxylic acids is 1. The third-order valence-corrected chi connectivity index (χ3v) is 7.99. The van der Waals surface area contributed by atoms with E-state index in [9.17, 15) is 45.6 Å². The zero-order valence-corrected chi connectivity index (χ0v) is 22.3. The van der Waals surface area contributed by atoms with Crippen molar-refractivity contribution in [3.8, 4) is 0 Å². The Hall–Kier alpha value is -1.09. The van der Waals surface area contributed by atoms with Gasteiger partial charge in [-0.2, -0.15) is 0 Å². The summed E-state index contributed by atoms with van der Waals surface area (Å²) < 4.78 is 32.5. The third kappa shape index (κ3) is 7.27. The fourth-order valence-electron chi connectivity index (χ4n) is 5.86. The molecule has 15 atom stereocenters. The molecule has 9 N–H and O–H groups in total. The van der Waals surface area contributed by atoms with Gasteiger partial charge in [-0.15, -0.1) is 0 Å². The van der Waals surface area contributed by atoms with Gasteiger partial charge in [0, 0.05) is 14.2 Å². The van der Waals surface area contributed by atoms with Gasteiger partial charge in [0.15, 0.2) is 6.29 Å². The van der Waals surface area contributed by atoms with E-state index in [-0.39, 0.29) is 19.4 Å². The van der Waals surface area contributed by atoms with Gasteiger partial charge in [0.05, 0.1) is 38.1 Å². The van der Waals surface area contributed by atoms with Crippen LogP contribution in [0.1, 0.15) is 12.8 Å². The van der Waals surface area contributed by atoms with E-state index in [1.807, 2.05) is 0 Å². The maximum atomic E-state index is 11.2. The lowest BCUT2D eigenvalue weighted by atomic mass is 9.71. The summed E-state index contributed by atoms with van der Waals surface area (Å²) in [6.07, 6.45) is -17.3. The van der Waals surface area contributed by atoms with Gasteiger partial charge in [0.1, 0.15) is 61.5 Å². The lowest BCUT2D eigenvalue weighted by molar-refractivity contribution is -0.315. The molecule has 1 saturated carbocycles. The molecular weight excluding hydrogens is 544 g/mol. The molecule has 2 aliphatic heterocycles. The summed E-state index contributed by atoms with van der Waals surface area (Å²) in [7, 11) is 2.53. The van der Waals surface area contributed by atoms with Gasteiger partial charge in [0.25, 0.3) is 0 Å². The molecule has 234 valence electrons. The van der Waals surface area contributed by atoms with Crippen LogP contribution >= 0.6 is 0 Å². The maximum Gasteiger partial charge on any atom is 0.329 e. The van der Waals surface area contributed by atoms with Gasteiger partial charge in [-0.3, -0.25) is 0 Å². The van der Waals surface area contributed by atoms with E-state index in [1.165, 1.54) is 14.2 Å². The van der Waals surface area contributed by atoms with Crippen molar-refractivity contribution in [1.82, 2.24) is 0 Å². The Morgan fingerprint density at radius 3 is 1.98 bits per heavy atom. The number of aliphatic hydroxyl groups excluding tert-OH is 8. The summed E-state index contributed by atoms with van der Waals surface area (Å²) in [5, 5.41) is 92.7. The molecule has 1 aliphatic carbocycles. The smallest absolute Gasteiger partial charge is 0.329 e. The molecule has 2 heterocycles. The fraction of sp³-hybridized carbons (Fsp3) is 0.958. The predicted molar refractivity (Wildman–Crippen MR) is 129 cm³/mol. The first kappa shape index (κ1) is 33.4. The van der Waals surface area contributed by atoms with E-state index < -0.39 is 117 Å². The zero-order chi connectivity index (χ0) is 29.7. The summed E-state index contributed by atoms with van der Waals surface area (Å²) in [5.74, 6) is -2.78. The molecule has 3 rings (SSSR count). The second-order valence-corrected chi connectivity index (χ2v) is 10.4. The number of ether oxygens (including phenoxy) is 6. The molecule has 2 saturated heterocycles. The van der Waals surface area contributed by atoms with Crippen molar-refractivity contribution in [1.29, 1.82) is 0 Å². The highest BCUT2D eigenvalue weighted by Crippen LogP contribution is 2.40. The SMILES string of the molecule is COC1O[C@H](CO)C(OC2C[C@H](COCC(=O)O)C(CC3O[C@H](CO)C(OC)C(O)[C@H]3O)C(O)[C@H]2O)C(O)[C@H]1O. The molecular formula is C24H42O16. The van der Waals surface area contributed by atoms with Crippen molar-refractivity contribution < 1.29 is 79.2 Å². The summed E-state index contributed by atoms with van der Waals surface area (Å²) in [6, 6.07) is 0. The van der Waals surface area contributed by atoms with E-state index in [4.69, 9.17) is 33.5 Å². The molecule has 16 nitrogen and oxygen atoms in total. The molecule has 40 heavy (non-hydrogen) atoms. The number of aliphatic hydroxyl groups is 8. The first-order chi connectivity index (χ1) is 19.0. The Labute approximate surface area is 230 Å². The number of carboxylic acid groups (broad SMARTS) is 1. The number of aliphatic carboxylic acids is 1.